The fourth-order valence-corrected chi connectivity index (χ4v) is 5.82. The third kappa shape index (κ3) is 2.92. The van der Waals surface area contributed by atoms with Gasteiger partial charge in [0.1, 0.15) is 16.7 Å². The molecule has 2 aromatic heterocycles. The average Bonchev–Trinajstić information content (AvgIpc) is 3.11. The molecule has 3 fully saturated rings. The second kappa shape index (κ2) is 6.88. The molecule has 2 atom stereocenters. The van der Waals surface area contributed by atoms with E-state index in [4.69, 9.17) is 4.42 Å². The van der Waals surface area contributed by atoms with E-state index in [9.17, 15) is 17.6 Å². The number of fused-ring (bicyclic) bond motifs is 2. The maximum absolute atomic E-state index is 14.4. The van der Waals surface area contributed by atoms with Gasteiger partial charge in [-0.15, -0.1) is 10.2 Å². The van der Waals surface area contributed by atoms with Crippen LogP contribution in [-0.4, -0.2) is 59.5 Å². The minimum atomic E-state index is -4.43. The number of hydrogen-bond acceptors (Lipinski definition) is 6. The van der Waals surface area contributed by atoms with Gasteiger partial charge in [-0.3, -0.25) is 4.98 Å². The van der Waals surface area contributed by atoms with Crippen molar-refractivity contribution in [1.29, 1.82) is 0 Å². The first-order valence-electron chi connectivity index (χ1n) is 11.1. The third-order valence-corrected chi connectivity index (χ3v) is 7.81. The van der Waals surface area contributed by atoms with Crippen molar-refractivity contribution in [2.24, 2.45) is 5.41 Å². The maximum Gasteiger partial charge on any atom is 0.397 e. The van der Waals surface area contributed by atoms with Crippen molar-refractivity contribution in [3.8, 4) is 0 Å². The Morgan fingerprint density at radius 2 is 1.88 bits per heavy atom. The summed E-state index contributed by atoms with van der Waals surface area (Å²) in [5.41, 5.74) is -2.57. The lowest BCUT2D eigenvalue weighted by Crippen LogP contribution is -2.34. The van der Waals surface area contributed by atoms with E-state index >= 15 is 0 Å². The lowest BCUT2D eigenvalue weighted by molar-refractivity contribution is -0.187. The van der Waals surface area contributed by atoms with Crippen molar-refractivity contribution >= 4 is 16.6 Å². The molecule has 0 radical (unpaired) electrons. The van der Waals surface area contributed by atoms with E-state index in [0.717, 1.165) is 25.9 Å². The van der Waals surface area contributed by atoms with E-state index in [2.05, 4.69) is 20.1 Å². The van der Waals surface area contributed by atoms with E-state index < -0.39 is 22.8 Å². The van der Waals surface area contributed by atoms with Gasteiger partial charge in [0.25, 0.3) is 0 Å². The van der Waals surface area contributed by atoms with Crippen LogP contribution in [0.2, 0.25) is 0 Å². The Morgan fingerprint density at radius 1 is 1.09 bits per heavy atom. The summed E-state index contributed by atoms with van der Waals surface area (Å²) in [6, 6.07) is 6.12. The molecule has 10 heteroatoms. The maximum atomic E-state index is 14.4. The molecule has 4 heterocycles. The summed E-state index contributed by atoms with van der Waals surface area (Å²) in [5.74, 6) is 0.0762. The molecule has 1 saturated carbocycles. The number of benzene rings is 1. The highest BCUT2D eigenvalue weighted by Crippen LogP contribution is 2.75. The second-order valence-corrected chi connectivity index (χ2v) is 9.68. The second-order valence-electron chi connectivity index (χ2n) is 9.68. The lowest BCUT2D eigenvalue weighted by Gasteiger charge is -2.26. The molecule has 174 valence electrons. The predicted octanol–water partition coefficient (Wildman–Crippen LogP) is 4.28. The lowest BCUT2D eigenvalue weighted by atomic mass is 9.95. The van der Waals surface area contributed by atoms with Crippen LogP contribution < -0.4 is 4.90 Å². The standard InChI is InChI=1S/C23H23F4N5O/c1-31-9-6-14(7-10-31)19-29-30-20(33-19)21-11-22(21,23(25,26)27)13-32(12-21)17-5-4-16(24)18-15(17)3-2-8-28-18/h2-5,8,14H,6-7,9-13H2,1H3/t21-,22-/m0/s1. The Morgan fingerprint density at radius 3 is 2.64 bits per heavy atom. The van der Waals surface area contributed by atoms with Gasteiger partial charge in [0.15, 0.2) is 0 Å². The van der Waals surface area contributed by atoms with Gasteiger partial charge in [-0.05, 0) is 63.7 Å². The van der Waals surface area contributed by atoms with Crippen molar-refractivity contribution < 1.29 is 22.0 Å². The van der Waals surface area contributed by atoms with Crippen LogP contribution >= 0.6 is 0 Å². The van der Waals surface area contributed by atoms with Crippen molar-refractivity contribution in [2.75, 3.05) is 38.1 Å². The molecule has 2 saturated heterocycles. The minimum absolute atomic E-state index is 0.0702. The monoisotopic (exact) mass is 461 g/mol. The van der Waals surface area contributed by atoms with Crippen LogP contribution in [0.3, 0.4) is 0 Å². The molecule has 0 spiro atoms. The zero-order chi connectivity index (χ0) is 23.0. The van der Waals surface area contributed by atoms with Gasteiger partial charge in [0.05, 0.1) is 5.41 Å². The molecule has 0 amide bonds. The fraction of sp³-hybridized carbons (Fsp3) is 0.522. The molecule has 3 aromatic rings. The highest BCUT2D eigenvalue weighted by Gasteiger charge is 2.86. The number of aromatic nitrogens is 3. The number of pyridine rings is 1. The summed E-state index contributed by atoms with van der Waals surface area (Å²) >= 11 is 0. The Balaban J connectivity index is 1.37. The van der Waals surface area contributed by atoms with Crippen molar-refractivity contribution in [1.82, 2.24) is 20.1 Å². The number of alkyl halides is 3. The summed E-state index contributed by atoms with van der Waals surface area (Å²) in [6.07, 6.45) is -1.35. The van der Waals surface area contributed by atoms with Gasteiger partial charge in [-0.2, -0.15) is 13.2 Å². The van der Waals surface area contributed by atoms with E-state index in [1.54, 1.807) is 17.0 Å². The van der Waals surface area contributed by atoms with Gasteiger partial charge in [0, 0.05) is 36.3 Å². The largest absolute Gasteiger partial charge is 0.424 e. The molecule has 1 aliphatic carbocycles. The molecule has 6 rings (SSSR count). The van der Waals surface area contributed by atoms with Crippen LogP contribution in [0.5, 0.6) is 0 Å². The van der Waals surface area contributed by atoms with Crippen LogP contribution in [0, 0.1) is 11.2 Å². The van der Waals surface area contributed by atoms with Gasteiger partial charge >= 0.3 is 6.18 Å². The first-order valence-corrected chi connectivity index (χ1v) is 11.1. The molecule has 2 aliphatic heterocycles. The highest BCUT2D eigenvalue weighted by atomic mass is 19.4. The van der Waals surface area contributed by atoms with E-state index in [1.807, 2.05) is 7.05 Å². The minimum Gasteiger partial charge on any atom is -0.424 e. The quantitative estimate of drug-likeness (QED) is 0.543. The first kappa shape index (κ1) is 20.8. The van der Waals surface area contributed by atoms with Crippen LogP contribution in [0.25, 0.3) is 10.9 Å². The Labute approximate surface area is 187 Å². The van der Waals surface area contributed by atoms with Crippen LogP contribution in [0.4, 0.5) is 23.2 Å². The summed E-state index contributed by atoms with van der Waals surface area (Å²) < 4.78 is 63.4. The van der Waals surface area contributed by atoms with E-state index in [-0.39, 0.29) is 36.8 Å². The van der Waals surface area contributed by atoms with Gasteiger partial charge < -0.3 is 14.2 Å². The molecule has 3 aliphatic rings. The fourth-order valence-electron chi connectivity index (χ4n) is 5.82. The number of rotatable bonds is 3. The van der Waals surface area contributed by atoms with Crippen LogP contribution in [-0.2, 0) is 5.41 Å². The molecule has 6 nitrogen and oxygen atoms in total. The van der Waals surface area contributed by atoms with Gasteiger partial charge in [-0.25, -0.2) is 4.39 Å². The SMILES string of the molecule is CN1CCC(c2nnc([C@]34CN(c5ccc(F)c6ncccc56)C[C@@]3(C(F)(F)F)C4)o2)CC1. The molecule has 1 aromatic carbocycles. The molecule has 0 bridgehead atoms. The van der Waals surface area contributed by atoms with Crippen molar-refractivity contribution in [2.45, 2.75) is 36.8 Å². The number of likely N-dealkylation sites (tertiary alicyclic amines) is 1. The summed E-state index contributed by atoms with van der Waals surface area (Å²) in [5, 5.41) is 8.80. The third-order valence-electron chi connectivity index (χ3n) is 7.81. The summed E-state index contributed by atoms with van der Waals surface area (Å²) in [7, 11) is 2.04. The van der Waals surface area contributed by atoms with Gasteiger partial charge in [-0.1, -0.05) is 0 Å². The smallest absolute Gasteiger partial charge is 0.397 e. The molecule has 33 heavy (non-hydrogen) atoms. The summed E-state index contributed by atoms with van der Waals surface area (Å²) in [6.45, 7) is 1.62. The van der Waals surface area contributed by atoms with Gasteiger partial charge in [0.2, 0.25) is 11.8 Å². The zero-order valence-corrected chi connectivity index (χ0v) is 18.1. The molecular weight excluding hydrogens is 438 g/mol. The van der Waals surface area contributed by atoms with Crippen LogP contribution in [0.1, 0.15) is 37.0 Å². The average molecular weight is 461 g/mol. The summed E-state index contributed by atoms with van der Waals surface area (Å²) in [4.78, 5) is 7.95. The van der Waals surface area contributed by atoms with E-state index in [1.165, 1.54) is 18.3 Å². The molecule has 0 unspecified atom stereocenters. The van der Waals surface area contributed by atoms with Crippen molar-refractivity contribution in [3.05, 3.63) is 48.1 Å². The number of anilines is 1. The van der Waals surface area contributed by atoms with E-state index in [0.29, 0.717) is 17.0 Å². The highest BCUT2D eigenvalue weighted by molar-refractivity contribution is 5.92. The molecular formula is C23H23F4N5O. The zero-order valence-electron chi connectivity index (χ0n) is 18.1. The molecule has 0 N–H and O–H groups in total. The van der Waals surface area contributed by atoms with Crippen molar-refractivity contribution in [3.63, 3.8) is 0 Å². The Hall–Kier alpha value is -2.75. The predicted molar refractivity (Wildman–Crippen MR) is 112 cm³/mol. The first-order chi connectivity index (χ1) is 15.7. The topological polar surface area (TPSA) is 58.3 Å². The Bertz CT molecular complexity index is 1220. The number of piperidine rings is 2. The number of nitrogens with zero attached hydrogens (tertiary/aromatic N) is 5. The number of halogens is 4. The van der Waals surface area contributed by atoms with Crippen LogP contribution in [0.15, 0.2) is 34.9 Å². The normalized spacial score (nSPS) is 28.5. The Kier molecular flexibility index (Phi) is 4.34. The number of hydrogen-bond donors (Lipinski definition) is 0.